The van der Waals surface area contributed by atoms with Crippen LogP contribution >= 0.6 is 0 Å². The number of benzene rings is 1. The smallest absolute Gasteiger partial charge is 0.268 e. The highest BCUT2D eigenvalue weighted by Gasteiger charge is 2.24. The molecule has 1 saturated heterocycles. The van der Waals surface area contributed by atoms with E-state index in [-0.39, 0.29) is 5.56 Å². The molecule has 2 heterocycles. The van der Waals surface area contributed by atoms with Crippen molar-refractivity contribution in [1.82, 2.24) is 14.7 Å². The molecule has 0 saturated carbocycles. The first-order valence-electron chi connectivity index (χ1n) is 9.17. The van der Waals surface area contributed by atoms with Crippen LogP contribution in [0, 0.1) is 0 Å². The Bertz CT molecular complexity index is 753. The third-order valence-electron chi connectivity index (χ3n) is 5.40. The molecule has 126 valence electrons. The fourth-order valence-corrected chi connectivity index (χ4v) is 4.03. The lowest BCUT2D eigenvalue weighted by Gasteiger charge is -2.18. The van der Waals surface area contributed by atoms with E-state index in [1.165, 1.54) is 30.4 Å². The van der Waals surface area contributed by atoms with Gasteiger partial charge in [-0.05, 0) is 49.1 Å². The zero-order chi connectivity index (χ0) is 16.4. The molecule has 4 rings (SSSR count). The molecule has 2 aliphatic rings. The maximum absolute atomic E-state index is 12.4. The quantitative estimate of drug-likeness (QED) is 0.815. The summed E-state index contributed by atoms with van der Waals surface area (Å²) in [5.41, 5.74) is 3.78. The molecule has 0 spiro atoms. The average molecular weight is 323 g/mol. The summed E-state index contributed by atoms with van der Waals surface area (Å²) >= 11 is 0. The largest absolute Gasteiger partial charge is 0.284 e. The maximum atomic E-state index is 12.4. The van der Waals surface area contributed by atoms with Crippen molar-refractivity contribution < 1.29 is 0 Å². The molecule has 0 bridgehead atoms. The van der Waals surface area contributed by atoms with Crippen LogP contribution in [0.4, 0.5) is 0 Å². The monoisotopic (exact) mass is 323 g/mol. The van der Waals surface area contributed by atoms with Crippen molar-refractivity contribution >= 4 is 0 Å². The maximum Gasteiger partial charge on any atom is 0.268 e. The number of fused-ring (bicyclic) bond motifs is 1. The first kappa shape index (κ1) is 15.6. The second-order valence-electron chi connectivity index (χ2n) is 7.13. The predicted molar refractivity (Wildman–Crippen MR) is 95.1 cm³/mol. The van der Waals surface area contributed by atoms with E-state index in [1.807, 2.05) is 6.07 Å². The lowest BCUT2D eigenvalue weighted by molar-refractivity contribution is 0.244. The summed E-state index contributed by atoms with van der Waals surface area (Å²) in [6.45, 7) is 2.66. The van der Waals surface area contributed by atoms with Crippen LogP contribution in [-0.2, 0) is 19.5 Å². The van der Waals surface area contributed by atoms with Gasteiger partial charge < -0.3 is 0 Å². The van der Waals surface area contributed by atoms with Crippen LogP contribution in [0.25, 0.3) is 0 Å². The van der Waals surface area contributed by atoms with Crippen molar-refractivity contribution in [1.29, 1.82) is 0 Å². The van der Waals surface area contributed by atoms with Crippen LogP contribution in [0.1, 0.15) is 48.4 Å². The van der Waals surface area contributed by atoms with Gasteiger partial charge in [0.1, 0.15) is 0 Å². The van der Waals surface area contributed by atoms with Gasteiger partial charge in [-0.2, -0.15) is 5.10 Å². The Kier molecular flexibility index (Phi) is 4.48. The van der Waals surface area contributed by atoms with Gasteiger partial charge in [0.15, 0.2) is 0 Å². The Morgan fingerprint density at radius 3 is 2.79 bits per heavy atom. The lowest BCUT2D eigenvalue weighted by Crippen LogP contribution is -2.33. The fourth-order valence-electron chi connectivity index (χ4n) is 4.03. The zero-order valence-corrected chi connectivity index (χ0v) is 14.2. The second kappa shape index (κ2) is 6.89. The first-order valence-corrected chi connectivity index (χ1v) is 9.17. The Labute approximate surface area is 143 Å². The highest BCUT2D eigenvalue weighted by Crippen LogP contribution is 2.27. The number of hydrogen-bond donors (Lipinski definition) is 0. The summed E-state index contributed by atoms with van der Waals surface area (Å²) in [5.74, 6) is 0.572. The molecule has 0 N–H and O–H groups in total. The summed E-state index contributed by atoms with van der Waals surface area (Å²) in [6.07, 6.45) is 6.81. The van der Waals surface area contributed by atoms with Crippen LogP contribution < -0.4 is 5.56 Å². The lowest BCUT2D eigenvalue weighted by atomic mass is 9.99. The van der Waals surface area contributed by atoms with E-state index in [9.17, 15) is 4.79 Å². The molecule has 0 amide bonds. The van der Waals surface area contributed by atoms with Gasteiger partial charge in [-0.25, -0.2) is 4.68 Å². The van der Waals surface area contributed by atoms with Crippen LogP contribution in [0.3, 0.4) is 0 Å². The highest BCUT2D eigenvalue weighted by atomic mass is 16.1. The second-order valence-corrected chi connectivity index (χ2v) is 7.13. The molecule has 4 nitrogen and oxygen atoms in total. The third kappa shape index (κ3) is 3.29. The molecule has 0 radical (unpaired) electrons. The normalized spacial score (nSPS) is 21.4. The van der Waals surface area contributed by atoms with Gasteiger partial charge in [0.25, 0.3) is 5.56 Å². The van der Waals surface area contributed by atoms with Gasteiger partial charge in [-0.3, -0.25) is 9.69 Å². The van der Waals surface area contributed by atoms with Crippen molar-refractivity contribution in [3.8, 4) is 0 Å². The molecule has 24 heavy (non-hydrogen) atoms. The predicted octanol–water partition coefficient (Wildman–Crippen LogP) is 2.96. The van der Waals surface area contributed by atoms with E-state index < -0.39 is 0 Å². The first-order chi connectivity index (χ1) is 11.8. The van der Waals surface area contributed by atoms with Crippen molar-refractivity contribution in [2.45, 2.75) is 51.1 Å². The van der Waals surface area contributed by atoms with Gasteiger partial charge in [0, 0.05) is 19.2 Å². The number of rotatable bonds is 3. The molecule has 1 aromatic heterocycles. The average Bonchev–Trinajstić information content (AvgIpc) is 2.95. The number of likely N-dealkylation sites (tertiary alicyclic amines) is 1. The van der Waals surface area contributed by atoms with E-state index in [0.717, 1.165) is 38.0 Å². The minimum Gasteiger partial charge on any atom is -0.284 e. The van der Waals surface area contributed by atoms with Gasteiger partial charge in [-0.15, -0.1) is 0 Å². The minimum absolute atomic E-state index is 0.0545. The van der Waals surface area contributed by atoms with E-state index in [0.29, 0.717) is 12.6 Å². The number of nitrogens with zero attached hydrogens (tertiary/aromatic N) is 3. The summed E-state index contributed by atoms with van der Waals surface area (Å²) < 4.78 is 1.68. The van der Waals surface area contributed by atoms with E-state index in [4.69, 9.17) is 5.10 Å². The Balaban J connectivity index is 1.48. The standard InChI is InChI=1S/C20H25N3O/c24-20-13-17-9-5-2-6-10-19(17)21-23(20)15-22-12-11-18(14-22)16-7-3-1-4-8-16/h1,3-4,7-8,13,18H,2,5-6,9-12,14-15H2/t18-/m0/s1. The Hall–Kier alpha value is -1.94. The number of hydrogen-bond acceptors (Lipinski definition) is 3. The SMILES string of the molecule is O=c1cc2c(nn1CN1CC[C@H](c3ccccc3)C1)CCCCC2. The Morgan fingerprint density at radius 2 is 1.92 bits per heavy atom. The van der Waals surface area contributed by atoms with Crippen LogP contribution in [-0.4, -0.2) is 27.8 Å². The fraction of sp³-hybridized carbons (Fsp3) is 0.500. The molecule has 1 atom stereocenters. The number of aryl methyl sites for hydroxylation is 2. The van der Waals surface area contributed by atoms with Crippen molar-refractivity contribution in [3.63, 3.8) is 0 Å². The topological polar surface area (TPSA) is 38.1 Å². The molecule has 1 aromatic carbocycles. The molecule has 1 aliphatic carbocycles. The third-order valence-corrected chi connectivity index (χ3v) is 5.40. The number of aromatic nitrogens is 2. The molecule has 1 fully saturated rings. The highest BCUT2D eigenvalue weighted by molar-refractivity contribution is 5.21. The van der Waals surface area contributed by atoms with E-state index in [2.05, 4.69) is 35.2 Å². The Morgan fingerprint density at radius 1 is 1.08 bits per heavy atom. The summed E-state index contributed by atoms with van der Waals surface area (Å²) in [7, 11) is 0. The molecule has 1 aliphatic heterocycles. The van der Waals surface area contributed by atoms with Gasteiger partial charge >= 0.3 is 0 Å². The summed E-state index contributed by atoms with van der Waals surface area (Å²) in [4.78, 5) is 14.8. The molecular formula is C20H25N3O. The molecule has 2 aromatic rings. The van der Waals surface area contributed by atoms with Crippen LogP contribution in [0.15, 0.2) is 41.2 Å². The molecule has 4 heteroatoms. The van der Waals surface area contributed by atoms with Crippen LogP contribution in [0.2, 0.25) is 0 Å². The van der Waals surface area contributed by atoms with Gasteiger partial charge in [0.05, 0.1) is 12.4 Å². The molecule has 0 unspecified atom stereocenters. The summed E-state index contributed by atoms with van der Waals surface area (Å²) in [5, 5.41) is 4.70. The van der Waals surface area contributed by atoms with Gasteiger partial charge in [0.2, 0.25) is 0 Å². The molecular weight excluding hydrogens is 298 g/mol. The van der Waals surface area contributed by atoms with Crippen molar-refractivity contribution in [2.24, 2.45) is 0 Å². The van der Waals surface area contributed by atoms with E-state index in [1.54, 1.807) is 4.68 Å². The van der Waals surface area contributed by atoms with Crippen molar-refractivity contribution in [2.75, 3.05) is 13.1 Å². The minimum atomic E-state index is 0.0545. The zero-order valence-electron chi connectivity index (χ0n) is 14.2. The van der Waals surface area contributed by atoms with Crippen molar-refractivity contribution in [3.05, 3.63) is 63.6 Å². The van der Waals surface area contributed by atoms with Crippen LogP contribution in [0.5, 0.6) is 0 Å². The van der Waals surface area contributed by atoms with Gasteiger partial charge in [-0.1, -0.05) is 36.8 Å². The van der Waals surface area contributed by atoms with E-state index >= 15 is 0 Å². The summed E-state index contributed by atoms with van der Waals surface area (Å²) in [6, 6.07) is 12.5.